The van der Waals surface area contributed by atoms with E-state index in [1.807, 2.05) is 24.4 Å². The van der Waals surface area contributed by atoms with E-state index in [-0.39, 0.29) is 0 Å². The number of methoxy groups -OCH3 is 1. The highest BCUT2D eigenvalue weighted by Gasteiger charge is 2.02. The molecule has 4 heteroatoms. The zero-order valence-corrected chi connectivity index (χ0v) is 11.9. The average Bonchev–Trinajstić information content (AvgIpc) is 2.92. The number of ether oxygens (including phenoxy) is 1. The molecule has 20 heavy (non-hydrogen) atoms. The zero-order valence-electron chi connectivity index (χ0n) is 11.1. The van der Waals surface area contributed by atoms with Gasteiger partial charge in [-0.1, -0.05) is 17.7 Å². The summed E-state index contributed by atoms with van der Waals surface area (Å²) in [7, 11) is 1.62. The van der Waals surface area contributed by atoms with Crippen LogP contribution >= 0.6 is 11.6 Å². The van der Waals surface area contributed by atoms with Crippen LogP contribution in [-0.2, 0) is 6.54 Å². The summed E-state index contributed by atoms with van der Waals surface area (Å²) in [6.07, 6.45) is 1.94. The Bertz CT molecular complexity index is 736. The van der Waals surface area contributed by atoms with Crippen molar-refractivity contribution < 1.29 is 4.74 Å². The third-order valence-corrected chi connectivity index (χ3v) is 3.56. The van der Waals surface area contributed by atoms with Crippen LogP contribution in [0.2, 0.25) is 5.02 Å². The van der Waals surface area contributed by atoms with E-state index in [4.69, 9.17) is 16.3 Å². The molecule has 0 saturated heterocycles. The van der Waals surface area contributed by atoms with Crippen LogP contribution in [0, 0.1) is 0 Å². The van der Waals surface area contributed by atoms with Crippen molar-refractivity contribution in [3.05, 3.63) is 59.2 Å². The molecule has 0 unspecified atom stereocenters. The summed E-state index contributed by atoms with van der Waals surface area (Å²) >= 11 is 6.12. The molecule has 2 N–H and O–H groups in total. The molecule has 0 amide bonds. The van der Waals surface area contributed by atoms with Crippen LogP contribution in [0.4, 0.5) is 5.69 Å². The van der Waals surface area contributed by atoms with Crippen molar-refractivity contribution in [3.8, 4) is 5.75 Å². The van der Waals surface area contributed by atoms with Gasteiger partial charge in [0.15, 0.2) is 0 Å². The number of nitrogens with one attached hydrogen (secondary N) is 2. The first-order valence-electron chi connectivity index (χ1n) is 6.40. The molecule has 0 aliphatic rings. The van der Waals surface area contributed by atoms with Gasteiger partial charge in [0.05, 0.1) is 12.1 Å². The van der Waals surface area contributed by atoms with Gasteiger partial charge >= 0.3 is 0 Å². The predicted octanol–water partition coefficient (Wildman–Crippen LogP) is 4.44. The average molecular weight is 287 g/mol. The van der Waals surface area contributed by atoms with Crippen LogP contribution in [0.25, 0.3) is 10.9 Å². The maximum atomic E-state index is 6.12. The Labute approximate surface area is 122 Å². The molecule has 0 aliphatic carbocycles. The quantitative estimate of drug-likeness (QED) is 0.744. The Hall–Kier alpha value is -2.13. The third-order valence-electron chi connectivity index (χ3n) is 3.27. The Morgan fingerprint density at radius 1 is 1.15 bits per heavy atom. The fraction of sp³-hybridized carbons (Fsp3) is 0.125. The van der Waals surface area contributed by atoms with Crippen molar-refractivity contribution in [1.82, 2.24) is 4.98 Å². The van der Waals surface area contributed by atoms with Crippen molar-refractivity contribution in [1.29, 1.82) is 0 Å². The first-order valence-corrected chi connectivity index (χ1v) is 6.77. The molecular formula is C16H15ClN2O. The van der Waals surface area contributed by atoms with Gasteiger partial charge in [-0.15, -0.1) is 0 Å². The van der Waals surface area contributed by atoms with E-state index in [9.17, 15) is 0 Å². The molecule has 2 aromatic carbocycles. The lowest BCUT2D eigenvalue weighted by Crippen LogP contribution is -1.99. The van der Waals surface area contributed by atoms with E-state index in [2.05, 4.69) is 34.6 Å². The molecule has 0 spiro atoms. The smallest absolute Gasteiger partial charge is 0.137 e. The van der Waals surface area contributed by atoms with Gasteiger partial charge in [0.2, 0.25) is 0 Å². The second-order valence-electron chi connectivity index (χ2n) is 4.60. The molecular weight excluding hydrogens is 272 g/mol. The second kappa shape index (κ2) is 5.47. The standard InChI is InChI=1S/C16H15ClN2O/c1-20-16-5-2-11(8-14(16)17)10-19-13-3-4-15-12(9-13)6-7-18-15/h2-9,18-19H,10H2,1H3. The molecule has 0 fully saturated rings. The summed E-state index contributed by atoms with van der Waals surface area (Å²) in [5.41, 5.74) is 3.34. The maximum Gasteiger partial charge on any atom is 0.137 e. The topological polar surface area (TPSA) is 37.0 Å². The number of hydrogen-bond donors (Lipinski definition) is 2. The molecule has 0 bridgehead atoms. The number of fused-ring (bicyclic) bond motifs is 1. The van der Waals surface area contributed by atoms with E-state index in [0.29, 0.717) is 10.8 Å². The second-order valence-corrected chi connectivity index (χ2v) is 5.01. The van der Waals surface area contributed by atoms with Gasteiger partial charge in [-0.2, -0.15) is 0 Å². The van der Waals surface area contributed by atoms with E-state index >= 15 is 0 Å². The first kappa shape index (κ1) is 12.9. The number of H-pyrrole nitrogens is 1. The van der Waals surface area contributed by atoms with Crippen LogP contribution in [0.5, 0.6) is 5.75 Å². The van der Waals surface area contributed by atoms with Gasteiger partial charge in [0.25, 0.3) is 0 Å². The Balaban J connectivity index is 1.73. The molecule has 102 valence electrons. The van der Waals surface area contributed by atoms with E-state index < -0.39 is 0 Å². The minimum atomic E-state index is 0.632. The molecule has 0 radical (unpaired) electrons. The van der Waals surface area contributed by atoms with E-state index in [1.165, 1.54) is 5.39 Å². The lowest BCUT2D eigenvalue weighted by Gasteiger charge is -2.09. The number of rotatable bonds is 4. The molecule has 0 saturated carbocycles. The lowest BCUT2D eigenvalue weighted by molar-refractivity contribution is 0.415. The van der Waals surface area contributed by atoms with Crippen molar-refractivity contribution in [2.45, 2.75) is 6.54 Å². The van der Waals surface area contributed by atoms with Crippen LogP contribution in [0.1, 0.15) is 5.56 Å². The zero-order chi connectivity index (χ0) is 13.9. The Morgan fingerprint density at radius 3 is 2.85 bits per heavy atom. The van der Waals surface area contributed by atoms with Gasteiger partial charge < -0.3 is 15.0 Å². The number of aromatic amines is 1. The lowest BCUT2D eigenvalue weighted by atomic mass is 10.2. The van der Waals surface area contributed by atoms with Crippen molar-refractivity contribution in [2.24, 2.45) is 0 Å². The van der Waals surface area contributed by atoms with Gasteiger partial charge in [-0.3, -0.25) is 0 Å². The molecule has 1 heterocycles. The van der Waals surface area contributed by atoms with E-state index in [1.54, 1.807) is 7.11 Å². The molecule has 3 aromatic rings. The number of halogens is 1. The van der Waals surface area contributed by atoms with Crippen LogP contribution in [0.3, 0.4) is 0 Å². The number of aromatic nitrogens is 1. The summed E-state index contributed by atoms with van der Waals surface area (Å²) in [6, 6.07) is 14.1. The SMILES string of the molecule is COc1ccc(CNc2ccc3[nH]ccc3c2)cc1Cl. The van der Waals surface area contributed by atoms with Crippen LogP contribution in [-0.4, -0.2) is 12.1 Å². The summed E-state index contributed by atoms with van der Waals surface area (Å²) < 4.78 is 5.15. The number of hydrogen-bond acceptors (Lipinski definition) is 2. The van der Waals surface area contributed by atoms with E-state index in [0.717, 1.165) is 23.3 Å². The maximum absolute atomic E-state index is 6.12. The molecule has 0 aliphatic heterocycles. The van der Waals surface area contributed by atoms with Crippen LogP contribution in [0.15, 0.2) is 48.7 Å². The summed E-state index contributed by atoms with van der Waals surface area (Å²) in [6.45, 7) is 0.722. The fourth-order valence-corrected chi connectivity index (χ4v) is 2.47. The van der Waals surface area contributed by atoms with Gasteiger partial charge in [-0.25, -0.2) is 0 Å². The summed E-state index contributed by atoms with van der Waals surface area (Å²) in [5.74, 6) is 0.698. The highest BCUT2D eigenvalue weighted by Crippen LogP contribution is 2.25. The highest BCUT2D eigenvalue weighted by molar-refractivity contribution is 6.32. The van der Waals surface area contributed by atoms with Gasteiger partial charge in [-0.05, 0) is 42.0 Å². The highest BCUT2D eigenvalue weighted by atomic mass is 35.5. The first-order chi connectivity index (χ1) is 9.76. The Morgan fingerprint density at radius 2 is 2.05 bits per heavy atom. The number of anilines is 1. The largest absolute Gasteiger partial charge is 0.495 e. The number of benzene rings is 2. The summed E-state index contributed by atoms with van der Waals surface area (Å²) in [5, 5.41) is 5.22. The predicted molar refractivity (Wildman–Crippen MR) is 83.6 cm³/mol. The molecule has 1 aromatic heterocycles. The summed E-state index contributed by atoms with van der Waals surface area (Å²) in [4.78, 5) is 3.18. The molecule has 3 rings (SSSR count). The fourth-order valence-electron chi connectivity index (χ4n) is 2.19. The normalized spacial score (nSPS) is 10.7. The van der Waals surface area contributed by atoms with Crippen LogP contribution < -0.4 is 10.1 Å². The monoisotopic (exact) mass is 286 g/mol. The molecule has 0 atom stereocenters. The Kier molecular flexibility index (Phi) is 3.52. The van der Waals surface area contributed by atoms with Crippen molar-refractivity contribution in [3.63, 3.8) is 0 Å². The van der Waals surface area contributed by atoms with Crippen molar-refractivity contribution >= 4 is 28.2 Å². The van der Waals surface area contributed by atoms with Crippen molar-refractivity contribution in [2.75, 3.05) is 12.4 Å². The minimum Gasteiger partial charge on any atom is -0.495 e. The molecule has 3 nitrogen and oxygen atoms in total. The minimum absolute atomic E-state index is 0.632. The third kappa shape index (κ3) is 2.58. The van der Waals surface area contributed by atoms with Gasteiger partial charge in [0.1, 0.15) is 5.75 Å². The van der Waals surface area contributed by atoms with Gasteiger partial charge in [0, 0.05) is 29.3 Å².